The van der Waals surface area contributed by atoms with Crippen LogP contribution in [0.25, 0.3) is 0 Å². The molecule has 2 nitrogen and oxygen atoms in total. The van der Waals surface area contributed by atoms with Gasteiger partial charge in [-0.1, -0.05) is 6.58 Å². The van der Waals surface area contributed by atoms with E-state index >= 15 is 0 Å². The Morgan fingerprint density at radius 3 is 2.00 bits per heavy atom. The van der Waals surface area contributed by atoms with Gasteiger partial charge in [-0.05, 0) is 34.1 Å². The van der Waals surface area contributed by atoms with Crippen molar-refractivity contribution >= 4 is 0 Å². The van der Waals surface area contributed by atoms with Crippen LogP contribution in [-0.2, 0) is 0 Å². The molecule has 0 aromatic rings. The number of hydrogen-bond donors (Lipinski definition) is 0. The molecule has 2 heteroatoms. The summed E-state index contributed by atoms with van der Waals surface area (Å²) in [5.74, 6) is 0. The molecule has 0 aliphatic carbocycles. The lowest BCUT2D eigenvalue weighted by Gasteiger charge is -2.36. The van der Waals surface area contributed by atoms with Gasteiger partial charge in [0, 0.05) is 19.1 Å². The van der Waals surface area contributed by atoms with Gasteiger partial charge in [0.2, 0.25) is 0 Å². The maximum absolute atomic E-state index is 3.74. The highest BCUT2D eigenvalue weighted by molar-refractivity contribution is 4.86. The third-order valence-electron chi connectivity index (χ3n) is 1.93. The van der Waals surface area contributed by atoms with Gasteiger partial charge in [-0.2, -0.15) is 0 Å². The van der Waals surface area contributed by atoms with Crippen molar-refractivity contribution in [1.82, 2.24) is 9.80 Å². The second-order valence-electron chi connectivity index (χ2n) is 3.84. The Hall–Kier alpha value is -0.500. The van der Waals surface area contributed by atoms with Crippen molar-refractivity contribution in [3.05, 3.63) is 12.8 Å². The molecule has 11 heavy (non-hydrogen) atoms. The minimum Gasteiger partial charge on any atom is -0.375 e. The van der Waals surface area contributed by atoms with E-state index in [-0.39, 0.29) is 5.54 Å². The molecule has 0 aliphatic heterocycles. The Bertz CT molecular complexity index is 128. The van der Waals surface area contributed by atoms with Crippen LogP contribution in [0.3, 0.4) is 0 Å². The Kier molecular flexibility index (Phi) is 3.59. The topological polar surface area (TPSA) is 6.48 Å². The lowest BCUT2D eigenvalue weighted by Crippen LogP contribution is -2.45. The summed E-state index contributed by atoms with van der Waals surface area (Å²) in [7, 11) is 6.22. The van der Waals surface area contributed by atoms with E-state index in [4.69, 9.17) is 0 Å². The molecule has 0 unspecified atom stereocenters. The Labute approximate surface area is 70.5 Å². The number of hydrogen-bond acceptors (Lipinski definition) is 2. The monoisotopic (exact) mass is 156 g/mol. The minimum absolute atomic E-state index is 0.172. The van der Waals surface area contributed by atoms with Crippen molar-refractivity contribution in [2.24, 2.45) is 0 Å². The van der Waals surface area contributed by atoms with E-state index in [0.717, 1.165) is 6.54 Å². The number of rotatable bonds is 4. The van der Waals surface area contributed by atoms with Crippen LogP contribution in [0.4, 0.5) is 0 Å². The van der Waals surface area contributed by atoms with Crippen LogP contribution in [0.2, 0.25) is 0 Å². The van der Waals surface area contributed by atoms with Gasteiger partial charge in [0.1, 0.15) is 0 Å². The quantitative estimate of drug-likeness (QED) is 0.607. The molecule has 0 amide bonds. The normalized spacial score (nSPS) is 11.8. The van der Waals surface area contributed by atoms with E-state index in [0.29, 0.717) is 0 Å². The zero-order chi connectivity index (χ0) is 9.07. The predicted octanol–water partition coefficient (Wildman–Crippen LogP) is 1.40. The molecule has 0 rings (SSSR count). The SMILES string of the molecule is C=CN(C)C(C)(C)CN(C)C. The maximum Gasteiger partial charge on any atom is 0.0463 e. The first-order valence-electron chi connectivity index (χ1n) is 3.90. The van der Waals surface area contributed by atoms with Gasteiger partial charge in [-0.3, -0.25) is 0 Å². The van der Waals surface area contributed by atoms with E-state index in [1.807, 2.05) is 6.20 Å². The van der Waals surface area contributed by atoms with Crippen LogP contribution >= 0.6 is 0 Å². The average Bonchev–Trinajstić information content (AvgIpc) is 1.83. The van der Waals surface area contributed by atoms with Crippen molar-refractivity contribution in [2.45, 2.75) is 19.4 Å². The summed E-state index contributed by atoms with van der Waals surface area (Å²) < 4.78 is 0. The van der Waals surface area contributed by atoms with Crippen LogP contribution in [0.5, 0.6) is 0 Å². The molecular formula is C9H20N2. The van der Waals surface area contributed by atoms with E-state index < -0.39 is 0 Å². The van der Waals surface area contributed by atoms with E-state index in [1.165, 1.54) is 0 Å². The number of nitrogens with zero attached hydrogens (tertiary/aromatic N) is 2. The van der Waals surface area contributed by atoms with Crippen LogP contribution in [0.15, 0.2) is 12.8 Å². The van der Waals surface area contributed by atoms with Crippen molar-refractivity contribution in [3.8, 4) is 0 Å². The highest BCUT2D eigenvalue weighted by Gasteiger charge is 2.21. The van der Waals surface area contributed by atoms with Crippen LogP contribution in [0, 0.1) is 0 Å². The highest BCUT2D eigenvalue weighted by atomic mass is 15.2. The zero-order valence-corrected chi connectivity index (χ0v) is 8.39. The molecule has 0 atom stereocenters. The fraction of sp³-hybridized carbons (Fsp3) is 0.778. The molecule has 0 N–H and O–H groups in total. The third-order valence-corrected chi connectivity index (χ3v) is 1.93. The standard InChI is InChI=1S/C9H20N2/c1-7-11(6)9(2,3)8-10(4)5/h7H,1,8H2,2-6H3. The lowest BCUT2D eigenvalue weighted by atomic mass is 10.0. The number of likely N-dealkylation sites (N-methyl/N-ethyl adjacent to an activating group) is 2. The molecular weight excluding hydrogens is 136 g/mol. The molecule has 0 bridgehead atoms. The first-order valence-corrected chi connectivity index (χ1v) is 3.90. The summed E-state index contributed by atoms with van der Waals surface area (Å²) in [6.07, 6.45) is 1.86. The minimum atomic E-state index is 0.172. The first kappa shape index (κ1) is 10.5. The summed E-state index contributed by atoms with van der Waals surface area (Å²) in [6.45, 7) is 9.18. The van der Waals surface area contributed by atoms with E-state index in [9.17, 15) is 0 Å². The third kappa shape index (κ3) is 3.42. The molecule has 0 saturated carbocycles. The second kappa shape index (κ2) is 3.77. The van der Waals surface area contributed by atoms with Crippen molar-refractivity contribution in [2.75, 3.05) is 27.7 Å². The summed E-state index contributed by atoms with van der Waals surface area (Å²) in [6, 6.07) is 0. The smallest absolute Gasteiger partial charge is 0.0463 e. The second-order valence-corrected chi connectivity index (χ2v) is 3.84. The van der Waals surface area contributed by atoms with Crippen LogP contribution < -0.4 is 0 Å². The van der Waals surface area contributed by atoms with Gasteiger partial charge in [0.25, 0.3) is 0 Å². The van der Waals surface area contributed by atoms with Gasteiger partial charge in [-0.15, -0.1) is 0 Å². The van der Waals surface area contributed by atoms with Crippen molar-refractivity contribution in [1.29, 1.82) is 0 Å². The zero-order valence-electron chi connectivity index (χ0n) is 8.39. The summed E-state index contributed by atoms with van der Waals surface area (Å²) >= 11 is 0. The van der Waals surface area contributed by atoms with Crippen LogP contribution in [0.1, 0.15) is 13.8 Å². The fourth-order valence-corrected chi connectivity index (χ4v) is 1.13. The molecule has 0 radical (unpaired) electrons. The molecule has 0 aromatic heterocycles. The van der Waals surface area contributed by atoms with E-state index in [2.05, 4.69) is 51.4 Å². The van der Waals surface area contributed by atoms with Crippen molar-refractivity contribution in [3.63, 3.8) is 0 Å². The lowest BCUT2D eigenvalue weighted by molar-refractivity contribution is 0.169. The van der Waals surface area contributed by atoms with E-state index in [1.54, 1.807) is 0 Å². The largest absolute Gasteiger partial charge is 0.375 e. The summed E-state index contributed by atoms with van der Waals surface area (Å²) in [4.78, 5) is 4.31. The van der Waals surface area contributed by atoms with Crippen LogP contribution in [-0.4, -0.2) is 43.0 Å². The average molecular weight is 156 g/mol. The molecule has 0 fully saturated rings. The maximum atomic E-state index is 3.74. The molecule has 0 spiro atoms. The fourth-order valence-electron chi connectivity index (χ4n) is 1.13. The van der Waals surface area contributed by atoms with Gasteiger partial charge in [-0.25, -0.2) is 0 Å². The Morgan fingerprint density at radius 2 is 1.73 bits per heavy atom. The van der Waals surface area contributed by atoms with Crippen molar-refractivity contribution < 1.29 is 0 Å². The molecule has 0 heterocycles. The Balaban J connectivity index is 4.08. The van der Waals surface area contributed by atoms with Gasteiger partial charge < -0.3 is 9.80 Å². The molecule has 66 valence electrons. The Morgan fingerprint density at radius 1 is 1.27 bits per heavy atom. The van der Waals surface area contributed by atoms with Gasteiger partial charge >= 0.3 is 0 Å². The van der Waals surface area contributed by atoms with Gasteiger partial charge in [0.05, 0.1) is 0 Å². The summed E-state index contributed by atoms with van der Waals surface area (Å²) in [5.41, 5.74) is 0.172. The first-order chi connectivity index (χ1) is 4.90. The summed E-state index contributed by atoms with van der Waals surface area (Å²) in [5, 5.41) is 0. The highest BCUT2D eigenvalue weighted by Crippen LogP contribution is 2.12. The molecule has 0 saturated heterocycles. The van der Waals surface area contributed by atoms with Gasteiger partial charge in [0.15, 0.2) is 0 Å². The molecule has 0 aliphatic rings. The molecule has 0 aromatic carbocycles. The predicted molar refractivity (Wildman–Crippen MR) is 50.6 cm³/mol.